The van der Waals surface area contributed by atoms with Gasteiger partial charge in [0.15, 0.2) is 0 Å². The predicted molar refractivity (Wildman–Crippen MR) is 83.5 cm³/mol. The molecule has 2 unspecified atom stereocenters. The standard InChI is InChI=1S/C17H26N2O2/c20-17(13-19-7-9-21-10-8-19)12-18-16-6-5-14-3-1-2-4-15(14)11-16/h1-4,16-18,20H,5-13H2. The lowest BCUT2D eigenvalue weighted by Gasteiger charge is -2.30. The number of aliphatic hydroxyl groups is 1. The second-order valence-corrected chi connectivity index (χ2v) is 6.18. The van der Waals surface area contributed by atoms with Gasteiger partial charge in [0.1, 0.15) is 0 Å². The zero-order chi connectivity index (χ0) is 14.5. The van der Waals surface area contributed by atoms with Crippen molar-refractivity contribution in [1.82, 2.24) is 10.2 Å². The molecule has 2 aliphatic rings. The summed E-state index contributed by atoms with van der Waals surface area (Å²) in [5.74, 6) is 0. The highest BCUT2D eigenvalue weighted by Crippen LogP contribution is 2.20. The van der Waals surface area contributed by atoms with Gasteiger partial charge in [-0.2, -0.15) is 0 Å². The van der Waals surface area contributed by atoms with Gasteiger partial charge in [0, 0.05) is 32.2 Å². The molecule has 1 heterocycles. The summed E-state index contributed by atoms with van der Waals surface area (Å²) in [5.41, 5.74) is 2.95. The maximum atomic E-state index is 10.2. The van der Waals surface area contributed by atoms with E-state index in [9.17, 15) is 5.11 Å². The number of benzene rings is 1. The maximum Gasteiger partial charge on any atom is 0.0791 e. The van der Waals surface area contributed by atoms with Gasteiger partial charge >= 0.3 is 0 Å². The van der Waals surface area contributed by atoms with E-state index in [-0.39, 0.29) is 6.10 Å². The number of hydrogen-bond donors (Lipinski definition) is 2. The largest absolute Gasteiger partial charge is 0.390 e. The first-order valence-corrected chi connectivity index (χ1v) is 8.09. The zero-order valence-electron chi connectivity index (χ0n) is 12.6. The molecule has 21 heavy (non-hydrogen) atoms. The molecule has 1 aliphatic carbocycles. The second kappa shape index (κ2) is 7.36. The minimum Gasteiger partial charge on any atom is -0.390 e. The summed E-state index contributed by atoms with van der Waals surface area (Å²) in [4.78, 5) is 2.28. The Balaban J connectivity index is 1.41. The minimum absolute atomic E-state index is 0.291. The van der Waals surface area contributed by atoms with Crippen LogP contribution in [0.5, 0.6) is 0 Å². The number of morpholine rings is 1. The van der Waals surface area contributed by atoms with E-state index in [1.165, 1.54) is 17.5 Å². The van der Waals surface area contributed by atoms with Crippen LogP contribution >= 0.6 is 0 Å². The van der Waals surface area contributed by atoms with Crippen molar-refractivity contribution in [1.29, 1.82) is 0 Å². The van der Waals surface area contributed by atoms with Crippen molar-refractivity contribution in [3.63, 3.8) is 0 Å². The van der Waals surface area contributed by atoms with Gasteiger partial charge in [-0.1, -0.05) is 24.3 Å². The van der Waals surface area contributed by atoms with Crippen molar-refractivity contribution < 1.29 is 9.84 Å². The molecule has 1 fully saturated rings. The van der Waals surface area contributed by atoms with Crippen molar-refractivity contribution in [3.05, 3.63) is 35.4 Å². The first-order chi connectivity index (χ1) is 10.3. The highest BCUT2D eigenvalue weighted by Gasteiger charge is 2.20. The van der Waals surface area contributed by atoms with Crippen molar-refractivity contribution in [2.75, 3.05) is 39.4 Å². The molecule has 0 aromatic heterocycles. The number of β-amino-alcohol motifs (C(OH)–C–C–N with tert-alkyl or cyclic N) is 1. The van der Waals surface area contributed by atoms with Crippen LogP contribution in [0.25, 0.3) is 0 Å². The monoisotopic (exact) mass is 290 g/mol. The number of rotatable bonds is 5. The lowest BCUT2D eigenvalue weighted by Crippen LogP contribution is -2.46. The Hall–Kier alpha value is -0.940. The van der Waals surface area contributed by atoms with Crippen molar-refractivity contribution in [2.24, 2.45) is 0 Å². The van der Waals surface area contributed by atoms with E-state index in [2.05, 4.69) is 34.5 Å². The van der Waals surface area contributed by atoms with Gasteiger partial charge in [0.05, 0.1) is 19.3 Å². The summed E-state index contributed by atoms with van der Waals surface area (Å²) in [6.45, 7) is 4.89. The molecule has 0 spiro atoms. The minimum atomic E-state index is -0.291. The Morgan fingerprint density at radius 3 is 2.81 bits per heavy atom. The fraction of sp³-hybridized carbons (Fsp3) is 0.647. The van der Waals surface area contributed by atoms with Gasteiger partial charge in [0.2, 0.25) is 0 Å². The number of ether oxygens (including phenoxy) is 1. The van der Waals surface area contributed by atoms with E-state index in [4.69, 9.17) is 4.74 Å². The van der Waals surface area contributed by atoms with E-state index in [1.807, 2.05) is 0 Å². The van der Waals surface area contributed by atoms with E-state index in [1.54, 1.807) is 0 Å². The summed E-state index contributed by atoms with van der Waals surface area (Å²) in [6.07, 6.45) is 3.11. The molecule has 2 atom stereocenters. The normalized spacial score (nSPS) is 24.5. The Morgan fingerprint density at radius 2 is 2.00 bits per heavy atom. The molecule has 1 saturated heterocycles. The SMILES string of the molecule is OC(CNC1CCc2ccccc2C1)CN1CCOCC1. The Morgan fingerprint density at radius 1 is 1.24 bits per heavy atom. The van der Waals surface area contributed by atoms with Gasteiger partial charge in [-0.25, -0.2) is 0 Å². The van der Waals surface area contributed by atoms with Crippen LogP contribution in [0.15, 0.2) is 24.3 Å². The lowest BCUT2D eigenvalue weighted by atomic mass is 9.88. The molecule has 1 aromatic carbocycles. The molecular formula is C17H26N2O2. The van der Waals surface area contributed by atoms with Gasteiger partial charge in [-0.3, -0.25) is 4.90 Å². The number of nitrogens with zero attached hydrogens (tertiary/aromatic N) is 1. The Kier molecular flexibility index (Phi) is 5.25. The van der Waals surface area contributed by atoms with Crippen molar-refractivity contribution in [3.8, 4) is 0 Å². The van der Waals surface area contributed by atoms with Crippen LogP contribution in [-0.4, -0.2) is 61.5 Å². The Labute approximate surface area is 127 Å². The fourth-order valence-electron chi connectivity index (χ4n) is 3.32. The van der Waals surface area contributed by atoms with Crippen molar-refractivity contribution >= 4 is 0 Å². The Bertz CT molecular complexity index is 446. The van der Waals surface area contributed by atoms with Gasteiger partial charge < -0.3 is 15.2 Å². The first kappa shape index (κ1) is 15.0. The summed E-state index contributed by atoms with van der Waals surface area (Å²) in [5, 5.41) is 13.7. The summed E-state index contributed by atoms with van der Waals surface area (Å²) in [6, 6.07) is 9.21. The average Bonchev–Trinajstić information content (AvgIpc) is 2.54. The van der Waals surface area contributed by atoms with Gasteiger partial charge in [-0.05, 0) is 30.4 Å². The second-order valence-electron chi connectivity index (χ2n) is 6.18. The molecule has 116 valence electrons. The van der Waals surface area contributed by atoms with Gasteiger partial charge in [0.25, 0.3) is 0 Å². The predicted octanol–water partition coefficient (Wildman–Crippen LogP) is 0.827. The average molecular weight is 290 g/mol. The number of hydrogen-bond acceptors (Lipinski definition) is 4. The van der Waals surface area contributed by atoms with E-state index < -0.39 is 0 Å². The van der Waals surface area contributed by atoms with Crippen LogP contribution < -0.4 is 5.32 Å². The quantitative estimate of drug-likeness (QED) is 0.843. The molecule has 1 aliphatic heterocycles. The summed E-state index contributed by atoms with van der Waals surface area (Å²) in [7, 11) is 0. The number of aliphatic hydroxyl groups excluding tert-OH is 1. The summed E-state index contributed by atoms with van der Waals surface area (Å²) < 4.78 is 5.33. The maximum absolute atomic E-state index is 10.2. The fourth-order valence-corrected chi connectivity index (χ4v) is 3.32. The summed E-state index contributed by atoms with van der Waals surface area (Å²) >= 11 is 0. The molecular weight excluding hydrogens is 264 g/mol. The third-order valence-corrected chi connectivity index (χ3v) is 4.56. The lowest BCUT2D eigenvalue weighted by molar-refractivity contribution is 0.0144. The number of nitrogens with one attached hydrogen (secondary N) is 1. The third-order valence-electron chi connectivity index (χ3n) is 4.56. The van der Waals surface area contributed by atoms with Crippen LogP contribution in [0.3, 0.4) is 0 Å². The van der Waals surface area contributed by atoms with Crippen LogP contribution in [0, 0.1) is 0 Å². The number of fused-ring (bicyclic) bond motifs is 1. The first-order valence-electron chi connectivity index (χ1n) is 8.09. The van der Waals surface area contributed by atoms with Gasteiger partial charge in [-0.15, -0.1) is 0 Å². The molecule has 0 amide bonds. The van der Waals surface area contributed by atoms with E-state index in [0.29, 0.717) is 12.6 Å². The molecule has 4 nitrogen and oxygen atoms in total. The van der Waals surface area contributed by atoms with Crippen LogP contribution in [0.4, 0.5) is 0 Å². The molecule has 0 bridgehead atoms. The molecule has 4 heteroatoms. The number of aryl methyl sites for hydroxylation is 1. The highest BCUT2D eigenvalue weighted by atomic mass is 16.5. The highest BCUT2D eigenvalue weighted by molar-refractivity contribution is 5.30. The molecule has 2 N–H and O–H groups in total. The van der Waals surface area contributed by atoms with E-state index >= 15 is 0 Å². The zero-order valence-corrected chi connectivity index (χ0v) is 12.6. The van der Waals surface area contributed by atoms with Crippen LogP contribution in [0.1, 0.15) is 17.5 Å². The topological polar surface area (TPSA) is 44.7 Å². The molecule has 1 aromatic rings. The van der Waals surface area contributed by atoms with E-state index in [0.717, 1.165) is 45.7 Å². The third kappa shape index (κ3) is 4.27. The smallest absolute Gasteiger partial charge is 0.0791 e. The van der Waals surface area contributed by atoms with Crippen LogP contribution in [-0.2, 0) is 17.6 Å². The van der Waals surface area contributed by atoms with Crippen LogP contribution in [0.2, 0.25) is 0 Å². The molecule has 3 rings (SSSR count). The van der Waals surface area contributed by atoms with Crippen molar-refractivity contribution in [2.45, 2.75) is 31.4 Å². The molecule has 0 radical (unpaired) electrons. The molecule has 0 saturated carbocycles.